The van der Waals surface area contributed by atoms with Gasteiger partial charge in [-0.05, 0) is 30.0 Å². The predicted octanol–water partition coefficient (Wildman–Crippen LogP) is 1.80. The smallest absolute Gasteiger partial charge is 0.324 e. The summed E-state index contributed by atoms with van der Waals surface area (Å²) in [5.41, 5.74) is 2.38. The quantitative estimate of drug-likeness (QED) is 0.650. The summed E-state index contributed by atoms with van der Waals surface area (Å²) < 4.78 is 6.20. The number of benzene rings is 2. The average molecular weight is 409 g/mol. The number of nitrogens with zero attached hydrogens (tertiary/aromatic N) is 2. The molecule has 1 saturated heterocycles. The van der Waals surface area contributed by atoms with Gasteiger partial charge in [-0.15, -0.1) is 0 Å². The summed E-state index contributed by atoms with van der Waals surface area (Å²) in [5, 5.41) is 12.9. The zero-order valence-electron chi connectivity index (χ0n) is 16.9. The number of carbonyl (C=O) groups is 2. The van der Waals surface area contributed by atoms with Gasteiger partial charge in [0.15, 0.2) is 0 Å². The van der Waals surface area contributed by atoms with Crippen molar-refractivity contribution in [3.8, 4) is 5.75 Å². The van der Waals surface area contributed by atoms with Gasteiger partial charge in [0.2, 0.25) is 5.91 Å². The van der Waals surface area contributed by atoms with Crippen molar-refractivity contribution in [1.29, 1.82) is 0 Å². The lowest BCUT2D eigenvalue weighted by atomic mass is 10.0. The number of para-hydroxylation sites is 1. The van der Waals surface area contributed by atoms with Gasteiger partial charge in [0.05, 0.1) is 12.6 Å². The highest BCUT2D eigenvalue weighted by Gasteiger charge is 2.29. The molecule has 158 valence electrons. The number of β-amino-alcohol motifs (C(OH)–C–C–N with tert-alkyl or cyclic N) is 1. The second kappa shape index (κ2) is 9.28. The summed E-state index contributed by atoms with van der Waals surface area (Å²) in [6, 6.07) is 17.8. The first-order chi connectivity index (χ1) is 14.6. The van der Waals surface area contributed by atoms with E-state index >= 15 is 0 Å². The Labute approximate surface area is 176 Å². The second-order valence-electron chi connectivity index (χ2n) is 7.95. The molecule has 0 saturated carbocycles. The van der Waals surface area contributed by atoms with Crippen LogP contribution in [0.15, 0.2) is 54.6 Å². The summed E-state index contributed by atoms with van der Waals surface area (Å²) in [7, 11) is 0. The maximum absolute atomic E-state index is 11.8. The highest BCUT2D eigenvalue weighted by Crippen LogP contribution is 2.27. The molecule has 2 heterocycles. The van der Waals surface area contributed by atoms with Crippen LogP contribution in [0, 0.1) is 0 Å². The molecule has 2 aliphatic rings. The number of aliphatic hydroxyl groups excluding tert-OH is 1. The molecule has 2 N–H and O–H groups in total. The fraction of sp³-hybridized carbons (Fsp3) is 0.391. The minimum absolute atomic E-state index is 0.00288. The predicted molar refractivity (Wildman–Crippen MR) is 112 cm³/mol. The van der Waals surface area contributed by atoms with Crippen LogP contribution in [0.4, 0.5) is 4.79 Å². The fourth-order valence-corrected chi connectivity index (χ4v) is 4.08. The summed E-state index contributed by atoms with van der Waals surface area (Å²) in [5.74, 6) is 0.601. The number of fused-ring (bicyclic) bond motifs is 1. The number of imide groups is 1. The van der Waals surface area contributed by atoms with Crippen LogP contribution in [0.5, 0.6) is 5.75 Å². The van der Waals surface area contributed by atoms with Crippen LogP contribution in [0.1, 0.15) is 17.5 Å². The van der Waals surface area contributed by atoms with Crippen LogP contribution in [0.25, 0.3) is 0 Å². The van der Waals surface area contributed by atoms with Gasteiger partial charge in [0.25, 0.3) is 0 Å². The molecule has 7 nitrogen and oxygen atoms in total. The SMILES string of the molecule is O=C1CN(CC(O)CN(Cc2ccccc2)CC2CCc3ccccc3O2)C(=O)N1. The Balaban J connectivity index is 1.40. The van der Waals surface area contributed by atoms with Gasteiger partial charge < -0.3 is 14.7 Å². The van der Waals surface area contributed by atoms with Crippen LogP contribution in [-0.2, 0) is 17.8 Å². The number of aliphatic hydroxyl groups is 1. The molecule has 30 heavy (non-hydrogen) atoms. The molecule has 2 atom stereocenters. The molecule has 0 bridgehead atoms. The van der Waals surface area contributed by atoms with Gasteiger partial charge in [-0.2, -0.15) is 0 Å². The number of hydrogen-bond acceptors (Lipinski definition) is 5. The number of hydrogen-bond donors (Lipinski definition) is 2. The number of aryl methyl sites for hydroxylation is 1. The first kappa shape index (κ1) is 20.4. The second-order valence-corrected chi connectivity index (χ2v) is 7.95. The van der Waals surface area contributed by atoms with E-state index in [1.807, 2.05) is 36.4 Å². The summed E-state index contributed by atoms with van der Waals surface area (Å²) in [6.07, 6.45) is 1.16. The molecular formula is C23H27N3O4. The van der Waals surface area contributed by atoms with Crippen LogP contribution in [-0.4, -0.2) is 65.2 Å². The molecule has 1 fully saturated rings. The highest BCUT2D eigenvalue weighted by molar-refractivity contribution is 6.01. The Bertz CT molecular complexity index is 889. The zero-order valence-corrected chi connectivity index (χ0v) is 16.9. The van der Waals surface area contributed by atoms with Crippen molar-refractivity contribution in [3.63, 3.8) is 0 Å². The summed E-state index contributed by atoms with van der Waals surface area (Å²) >= 11 is 0. The Morgan fingerprint density at radius 2 is 1.90 bits per heavy atom. The Morgan fingerprint density at radius 1 is 1.13 bits per heavy atom. The molecule has 0 spiro atoms. The lowest BCUT2D eigenvalue weighted by molar-refractivity contribution is -0.118. The van der Waals surface area contributed by atoms with Gasteiger partial charge >= 0.3 is 6.03 Å². The van der Waals surface area contributed by atoms with Crippen molar-refractivity contribution >= 4 is 11.9 Å². The zero-order chi connectivity index (χ0) is 20.9. The molecule has 2 aromatic carbocycles. The molecule has 2 aromatic rings. The lowest BCUT2D eigenvalue weighted by Gasteiger charge is -2.33. The van der Waals surface area contributed by atoms with E-state index in [1.54, 1.807) is 0 Å². The molecule has 4 rings (SSSR count). The molecule has 2 aliphatic heterocycles. The number of rotatable bonds is 8. The molecule has 7 heteroatoms. The average Bonchev–Trinajstić information content (AvgIpc) is 3.05. The van der Waals surface area contributed by atoms with E-state index in [9.17, 15) is 14.7 Å². The number of nitrogens with one attached hydrogen (secondary N) is 1. The molecule has 2 unspecified atom stereocenters. The molecule has 3 amide bonds. The van der Waals surface area contributed by atoms with Crippen molar-refractivity contribution in [2.24, 2.45) is 0 Å². The van der Waals surface area contributed by atoms with Gasteiger partial charge in [-0.3, -0.25) is 15.0 Å². The van der Waals surface area contributed by atoms with E-state index in [4.69, 9.17) is 4.74 Å². The maximum atomic E-state index is 11.8. The lowest BCUT2D eigenvalue weighted by Crippen LogP contribution is -2.44. The van der Waals surface area contributed by atoms with Crippen molar-refractivity contribution in [1.82, 2.24) is 15.1 Å². The normalized spacial score (nSPS) is 19.4. The van der Waals surface area contributed by atoms with Crippen LogP contribution in [0.2, 0.25) is 0 Å². The Kier molecular flexibility index (Phi) is 6.30. The molecular weight excluding hydrogens is 382 g/mol. The van der Waals surface area contributed by atoms with Gasteiger partial charge in [0, 0.05) is 19.6 Å². The maximum Gasteiger partial charge on any atom is 0.324 e. The number of carbonyl (C=O) groups excluding carboxylic acids is 2. The molecule has 0 aliphatic carbocycles. The Hall–Kier alpha value is -2.90. The Morgan fingerprint density at radius 3 is 2.67 bits per heavy atom. The van der Waals surface area contributed by atoms with Crippen LogP contribution in [0.3, 0.4) is 0 Å². The summed E-state index contributed by atoms with van der Waals surface area (Å²) in [4.78, 5) is 26.7. The minimum atomic E-state index is -0.763. The van der Waals surface area contributed by atoms with Crippen molar-refractivity contribution < 1.29 is 19.4 Å². The van der Waals surface area contributed by atoms with Crippen molar-refractivity contribution in [2.75, 3.05) is 26.2 Å². The van der Waals surface area contributed by atoms with Crippen molar-refractivity contribution in [2.45, 2.75) is 31.6 Å². The van der Waals surface area contributed by atoms with Crippen LogP contribution < -0.4 is 10.1 Å². The van der Waals surface area contributed by atoms with Gasteiger partial charge in [-0.25, -0.2) is 4.79 Å². The monoisotopic (exact) mass is 409 g/mol. The number of urea groups is 1. The van der Waals surface area contributed by atoms with Gasteiger partial charge in [0.1, 0.15) is 18.4 Å². The first-order valence-corrected chi connectivity index (χ1v) is 10.3. The molecule has 0 aromatic heterocycles. The van der Waals surface area contributed by atoms with E-state index < -0.39 is 12.1 Å². The fourth-order valence-electron chi connectivity index (χ4n) is 4.08. The number of ether oxygens (including phenoxy) is 1. The summed E-state index contributed by atoms with van der Waals surface area (Å²) in [6.45, 7) is 1.85. The molecule has 0 radical (unpaired) electrons. The third-order valence-electron chi connectivity index (χ3n) is 5.48. The third kappa shape index (κ3) is 5.17. The standard InChI is InChI=1S/C23H27N3O4/c27-19(14-26-16-22(28)24-23(26)29)13-25(12-17-6-2-1-3-7-17)15-20-11-10-18-8-4-5-9-21(18)30-20/h1-9,19-20,27H,10-16H2,(H,24,28,29). The van der Waals surface area contributed by atoms with E-state index in [1.165, 1.54) is 10.5 Å². The number of amides is 3. The third-order valence-corrected chi connectivity index (χ3v) is 5.48. The minimum Gasteiger partial charge on any atom is -0.489 e. The van der Waals surface area contributed by atoms with Gasteiger partial charge in [-0.1, -0.05) is 48.5 Å². The highest BCUT2D eigenvalue weighted by atomic mass is 16.5. The van der Waals surface area contributed by atoms with E-state index in [2.05, 4.69) is 28.4 Å². The van der Waals surface area contributed by atoms with E-state index in [0.717, 1.165) is 24.2 Å². The largest absolute Gasteiger partial charge is 0.489 e. The van der Waals surface area contributed by atoms with Crippen LogP contribution >= 0.6 is 0 Å². The first-order valence-electron chi connectivity index (χ1n) is 10.3. The van der Waals surface area contributed by atoms with E-state index in [-0.39, 0.29) is 25.1 Å². The van der Waals surface area contributed by atoms with E-state index in [0.29, 0.717) is 19.6 Å². The van der Waals surface area contributed by atoms with Crippen molar-refractivity contribution in [3.05, 3.63) is 65.7 Å². The topological polar surface area (TPSA) is 82.1 Å².